The number of benzene rings is 3. The second kappa shape index (κ2) is 8.03. The highest BCUT2D eigenvalue weighted by Crippen LogP contribution is 2.40. The molecule has 1 aliphatic rings. The van der Waals surface area contributed by atoms with E-state index < -0.39 is 0 Å². The molecule has 1 heterocycles. The summed E-state index contributed by atoms with van der Waals surface area (Å²) in [6.45, 7) is 11.1. The zero-order valence-electron chi connectivity index (χ0n) is 21.5. The Morgan fingerprint density at radius 1 is 0.906 bits per heavy atom. The molecule has 0 atom stereocenters. The van der Waals surface area contributed by atoms with Gasteiger partial charge in [-0.05, 0) is 83.7 Å². The van der Waals surface area contributed by atoms with Crippen LogP contribution in [0.15, 0.2) is 48.5 Å². The van der Waals surface area contributed by atoms with Gasteiger partial charge in [-0.1, -0.05) is 57.0 Å². The number of hydrogen-bond donors (Lipinski definition) is 0. The topological polar surface area (TPSA) is 3.88 Å². The summed E-state index contributed by atoms with van der Waals surface area (Å²) in [5, 5.41) is 4.76. The molecule has 1 aliphatic carbocycles. The minimum Gasteiger partial charge on any atom is -0.198 e. The van der Waals surface area contributed by atoms with E-state index in [1.165, 1.54) is 75.4 Å². The van der Waals surface area contributed by atoms with Gasteiger partial charge in [-0.3, -0.25) is 0 Å². The first-order valence-corrected chi connectivity index (χ1v) is 12.3. The zero-order valence-corrected chi connectivity index (χ0v) is 20.5. The Labute approximate surface area is 194 Å². The second-order valence-corrected chi connectivity index (χ2v) is 10.2. The first kappa shape index (κ1) is 20.0. The summed E-state index contributed by atoms with van der Waals surface area (Å²) >= 11 is 0. The maximum absolute atomic E-state index is 9.10. The standard InChI is InChI=1S/C31H36N/c1-19(2)25-12-9-13-26-27(25)14-15-28-30(26)17-21(4)32(6)31(28)29-18-24(16-20(3)22(29)5)23-10-7-8-11-23/h9,12-19,23H,7-8,10-11H2,1-6H3/q+1/i17D. The van der Waals surface area contributed by atoms with Gasteiger partial charge in [-0.25, -0.2) is 0 Å². The Morgan fingerprint density at radius 2 is 1.62 bits per heavy atom. The number of aromatic nitrogens is 1. The summed E-state index contributed by atoms with van der Waals surface area (Å²) in [5.74, 6) is 1.14. The maximum Gasteiger partial charge on any atom is 0.220 e. The largest absolute Gasteiger partial charge is 0.220 e. The first-order chi connectivity index (χ1) is 15.8. The van der Waals surface area contributed by atoms with Crippen LogP contribution in [0.1, 0.15) is 80.7 Å². The van der Waals surface area contributed by atoms with Crippen molar-refractivity contribution < 1.29 is 5.94 Å². The van der Waals surface area contributed by atoms with E-state index in [-0.39, 0.29) is 0 Å². The van der Waals surface area contributed by atoms with Crippen LogP contribution < -0.4 is 4.57 Å². The zero-order chi connectivity index (χ0) is 23.4. The van der Waals surface area contributed by atoms with Gasteiger partial charge in [0.05, 0.1) is 12.3 Å². The Hall–Kier alpha value is -2.67. The number of aryl methyl sites for hydroxylation is 1. The molecule has 0 amide bonds. The van der Waals surface area contributed by atoms with Crippen LogP contribution in [0, 0.1) is 20.8 Å². The SMILES string of the molecule is [2H]c1c(C)[n+](C)c(-c2cc(C3CCCC3)cc(C)c2C)c2ccc3c(C(C)C)cccc3c12. The van der Waals surface area contributed by atoms with Crippen LogP contribution in [0.4, 0.5) is 0 Å². The van der Waals surface area contributed by atoms with Crippen molar-refractivity contribution in [3.8, 4) is 11.3 Å². The van der Waals surface area contributed by atoms with E-state index in [4.69, 9.17) is 1.37 Å². The van der Waals surface area contributed by atoms with Crippen LogP contribution in [0.3, 0.4) is 0 Å². The lowest BCUT2D eigenvalue weighted by Crippen LogP contribution is -2.35. The maximum atomic E-state index is 9.10. The molecule has 4 aromatic rings. The Kier molecular flexibility index (Phi) is 5.01. The molecule has 5 rings (SSSR count). The van der Waals surface area contributed by atoms with Crippen molar-refractivity contribution in [3.05, 3.63) is 76.5 Å². The first-order valence-electron chi connectivity index (χ1n) is 12.8. The summed E-state index contributed by atoms with van der Waals surface area (Å²) in [7, 11) is 2.13. The summed E-state index contributed by atoms with van der Waals surface area (Å²) in [5.41, 5.74) is 9.16. The quantitative estimate of drug-likeness (QED) is 0.231. The van der Waals surface area contributed by atoms with E-state index >= 15 is 0 Å². The van der Waals surface area contributed by atoms with Crippen LogP contribution in [-0.2, 0) is 7.05 Å². The Bertz CT molecular complexity index is 1390. The smallest absolute Gasteiger partial charge is 0.198 e. The fraction of sp³-hybridized carbons (Fsp3) is 0.387. The molecule has 0 N–H and O–H groups in total. The van der Waals surface area contributed by atoms with Gasteiger partial charge in [-0.15, -0.1) is 0 Å². The summed E-state index contributed by atoms with van der Waals surface area (Å²) in [4.78, 5) is 0. The van der Waals surface area contributed by atoms with Crippen LogP contribution in [-0.4, -0.2) is 0 Å². The van der Waals surface area contributed by atoms with Gasteiger partial charge in [-0.2, -0.15) is 4.57 Å². The molecule has 164 valence electrons. The molecule has 0 unspecified atom stereocenters. The molecule has 1 aromatic heterocycles. The molecule has 1 heteroatoms. The van der Waals surface area contributed by atoms with Gasteiger partial charge in [0, 0.05) is 18.4 Å². The van der Waals surface area contributed by atoms with E-state index in [2.05, 4.69) is 88.7 Å². The van der Waals surface area contributed by atoms with Crippen molar-refractivity contribution in [1.29, 1.82) is 0 Å². The van der Waals surface area contributed by atoms with Crippen molar-refractivity contribution in [2.75, 3.05) is 0 Å². The van der Waals surface area contributed by atoms with E-state index in [1.807, 2.05) is 0 Å². The molecule has 0 spiro atoms. The molecular weight excluding hydrogens is 386 g/mol. The van der Waals surface area contributed by atoms with Crippen LogP contribution >= 0.6 is 0 Å². The monoisotopic (exact) mass is 423 g/mol. The van der Waals surface area contributed by atoms with Crippen LogP contribution in [0.25, 0.3) is 32.8 Å². The Morgan fingerprint density at radius 3 is 2.34 bits per heavy atom. The molecule has 1 saturated carbocycles. The third-order valence-corrected chi connectivity index (χ3v) is 7.89. The van der Waals surface area contributed by atoms with E-state index in [0.29, 0.717) is 17.9 Å². The third-order valence-electron chi connectivity index (χ3n) is 7.89. The average molecular weight is 424 g/mol. The number of rotatable bonds is 3. The summed E-state index contributed by atoms with van der Waals surface area (Å²) in [6, 6.07) is 16.7. The molecule has 1 fully saturated rings. The van der Waals surface area contributed by atoms with Crippen molar-refractivity contribution >= 4 is 21.5 Å². The molecule has 0 aliphatic heterocycles. The van der Waals surface area contributed by atoms with Crippen molar-refractivity contribution in [2.24, 2.45) is 7.05 Å². The minimum atomic E-state index is 0.453. The molecule has 3 aromatic carbocycles. The number of nitrogens with zero attached hydrogens (tertiary/aromatic N) is 1. The van der Waals surface area contributed by atoms with E-state index in [0.717, 1.165) is 11.1 Å². The number of pyridine rings is 1. The lowest BCUT2D eigenvalue weighted by molar-refractivity contribution is -0.665. The van der Waals surface area contributed by atoms with Gasteiger partial charge >= 0.3 is 0 Å². The predicted molar refractivity (Wildman–Crippen MR) is 138 cm³/mol. The van der Waals surface area contributed by atoms with Crippen molar-refractivity contribution in [2.45, 2.75) is 72.1 Å². The Balaban J connectivity index is 1.88. The highest BCUT2D eigenvalue weighted by atomic mass is 14.9. The molecule has 0 saturated heterocycles. The van der Waals surface area contributed by atoms with Gasteiger partial charge in [0.2, 0.25) is 5.69 Å². The van der Waals surface area contributed by atoms with E-state index in [9.17, 15) is 0 Å². The van der Waals surface area contributed by atoms with Gasteiger partial charge < -0.3 is 0 Å². The molecule has 0 radical (unpaired) electrons. The van der Waals surface area contributed by atoms with Crippen molar-refractivity contribution in [3.63, 3.8) is 0 Å². The molecule has 1 nitrogen and oxygen atoms in total. The lowest BCUT2D eigenvalue weighted by Gasteiger charge is -2.18. The summed E-state index contributed by atoms with van der Waals surface area (Å²) < 4.78 is 11.4. The number of hydrogen-bond acceptors (Lipinski definition) is 0. The molecular formula is C31H36N+. The minimum absolute atomic E-state index is 0.453. The van der Waals surface area contributed by atoms with Gasteiger partial charge in [0.1, 0.15) is 7.05 Å². The third kappa shape index (κ3) is 3.34. The molecule has 32 heavy (non-hydrogen) atoms. The molecule has 0 bridgehead atoms. The fourth-order valence-corrected chi connectivity index (χ4v) is 5.78. The fourth-order valence-electron chi connectivity index (χ4n) is 5.78. The highest BCUT2D eigenvalue weighted by Gasteiger charge is 2.25. The van der Waals surface area contributed by atoms with Crippen LogP contribution in [0.5, 0.6) is 0 Å². The average Bonchev–Trinajstić information content (AvgIpc) is 3.34. The highest BCUT2D eigenvalue weighted by molar-refractivity contribution is 6.11. The van der Waals surface area contributed by atoms with E-state index in [1.54, 1.807) is 0 Å². The lowest BCUT2D eigenvalue weighted by atomic mass is 9.87. The second-order valence-electron chi connectivity index (χ2n) is 10.2. The van der Waals surface area contributed by atoms with Crippen LogP contribution in [0.2, 0.25) is 0 Å². The normalized spacial score (nSPS) is 15.3. The predicted octanol–water partition coefficient (Wildman–Crippen LogP) is 8.19. The number of fused-ring (bicyclic) bond motifs is 3. The summed E-state index contributed by atoms with van der Waals surface area (Å²) in [6.07, 6.45) is 5.31. The van der Waals surface area contributed by atoms with Gasteiger partial charge in [0.15, 0.2) is 5.69 Å². The van der Waals surface area contributed by atoms with Gasteiger partial charge in [0.25, 0.3) is 0 Å². The van der Waals surface area contributed by atoms with Crippen molar-refractivity contribution in [1.82, 2.24) is 0 Å².